The maximum atomic E-state index is 13.1. The van der Waals surface area contributed by atoms with E-state index in [1.165, 1.54) is 17.0 Å². The summed E-state index contributed by atoms with van der Waals surface area (Å²) in [7, 11) is 1.56. The number of amides is 2. The Kier molecular flexibility index (Phi) is 5.24. The molecule has 152 valence electrons. The highest BCUT2D eigenvalue weighted by Crippen LogP contribution is 2.32. The molecule has 0 aliphatic carbocycles. The number of imide groups is 1. The minimum Gasteiger partial charge on any atom is -0.497 e. The summed E-state index contributed by atoms with van der Waals surface area (Å²) in [6, 6.07) is 11.4. The van der Waals surface area contributed by atoms with Crippen LogP contribution in [0.3, 0.4) is 0 Å². The summed E-state index contributed by atoms with van der Waals surface area (Å²) in [6.45, 7) is 4.67. The lowest BCUT2D eigenvalue weighted by Gasteiger charge is -2.38. The lowest BCUT2D eigenvalue weighted by atomic mass is 10.1. The highest BCUT2D eigenvalue weighted by molar-refractivity contribution is 6.22. The van der Waals surface area contributed by atoms with Crippen LogP contribution < -0.4 is 14.5 Å². The highest BCUT2D eigenvalue weighted by Gasteiger charge is 2.43. The van der Waals surface area contributed by atoms with E-state index in [0.717, 1.165) is 24.3 Å². The van der Waals surface area contributed by atoms with Crippen molar-refractivity contribution in [2.75, 3.05) is 43.1 Å². The van der Waals surface area contributed by atoms with Crippen LogP contribution in [0.4, 0.5) is 15.8 Å². The van der Waals surface area contributed by atoms with Crippen LogP contribution in [-0.2, 0) is 9.59 Å². The number of methoxy groups -OCH3 is 1. The molecule has 2 saturated heterocycles. The molecule has 4 rings (SSSR count). The molecule has 2 aliphatic heterocycles. The van der Waals surface area contributed by atoms with Gasteiger partial charge in [-0.1, -0.05) is 6.07 Å². The van der Waals surface area contributed by atoms with Crippen LogP contribution in [0.25, 0.3) is 0 Å². The van der Waals surface area contributed by atoms with Crippen molar-refractivity contribution in [1.82, 2.24) is 4.90 Å². The van der Waals surface area contributed by atoms with Crippen molar-refractivity contribution < 1.29 is 18.7 Å². The Labute approximate surface area is 169 Å². The second-order valence-corrected chi connectivity index (χ2v) is 7.44. The molecule has 29 heavy (non-hydrogen) atoms. The lowest BCUT2D eigenvalue weighted by Crippen LogP contribution is -2.52. The lowest BCUT2D eigenvalue weighted by molar-refractivity contribution is -0.123. The Hall–Kier alpha value is -2.93. The predicted octanol–water partition coefficient (Wildman–Crippen LogP) is 2.60. The number of ether oxygens (including phenoxy) is 1. The molecule has 6 nitrogen and oxygen atoms in total. The number of carbonyl (C=O) groups excluding carboxylic acids is 2. The van der Waals surface area contributed by atoms with E-state index in [-0.39, 0.29) is 24.1 Å². The first-order valence-electron chi connectivity index (χ1n) is 9.74. The maximum Gasteiger partial charge on any atom is 0.251 e. The summed E-state index contributed by atoms with van der Waals surface area (Å²) in [5.41, 5.74) is 2.41. The fraction of sp³-hybridized carbons (Fsp3) is 0.364. The molecule has 2 fully saturated rings. The van der Waals surface area contributed by atoms with Gasteiger partial charge in [-0.05, 0) is 42.8 Å². The number of nitrogens with zero attached hydrogens (tertiary/aromatic N) is 3. The second kappa shape index (κ2) is 7.83. The summed E-state index contributed by atoms with van der Waals surface area (Å²) >= 11 is 0. The predicted molar refractivity (Wildman–Crippen MR) is 109 cm³/mol. The summed E-state index contributed by atoms with van der Waals surface area (Å²) < 4.78 is 18.4. The molecule has 7 heteroatoms. The number of carbonyl (C=O) groups is 2. The molecule has 0 unspecified atom stereocenters. The summed E-state index contributed by atoms with van der Waals surface area (Å²) in [4.78, 5) is 31.4. The van der Waals surface area contributed by atoms with E-state index in [1.807, 2.05) is 19.1 Å². The third-order valence-corrected chi connectivity index (χ3v) is 5.73. The summed E-state index contributed by atoms with van der Waals surface area (Å²) in [5, 5.41) is 0. The van der Waals surface area contributed by atoms with Gasteiger partial charge in [0.2, 0.25) is 5.91 Å². The SMILES string of the molecule is COc1ccc(C)c(N2C(=O)C[C@H](N3CCN(c4ccc(F)cc4)CC3)C2=O)c1. The normalized spacial score (nSPS) is 20.4. The Morgan fingerprint density at radius 2 is 1.69 bits per heavy atom. The van der Waals surface area contributed by atoms with E-state index < -0.39 is 6.04 Å². The number of piperazine rings is 1. The van der Waals surface area contributed by atoms with Crippen molar-refractivity contribution in [3.8, 4) is 5.75 Å². The first-order chi connectivity index (χ1) is 14.0. The fourth-order valence-electron chi connectivity index (χ4n) is 4.06. The van der Waals surface area contributed by atoms with Gasteiger partial charge in [-0.25, -0.2) is 9.29 Å². The molecule has 2 aromatic rings. The molecular formula is C22H24FN3O3. The van der Waals surface area contributed by atoms with Gasteiger partial charge in [0.05, 0.1) is 25.3 Å². The molecule has 0 aromatic heterocycles. The van der Waals surface area contributed by atoms with Crippen LogP contribution >= 0.6 is 0 Å². The molecule has 0 radical (unpaired) electrons. The van der Waals surface area contributed by atoms with Gasteiger partial charge in [0.15, 0.2) is 0 Å². The van der Waals surface area contributed by atoms with E-state index in [2.05, 4.69) is 9.80 Å². The number of benzene rings is 2. The van der Waals surface area contributed by atoms with Gasteiger partial charge in [0.1, 0.15) is 11.6 Å². The van der Waals surface area contributed by atoms with Crippen molar-refractivity contribution in [2.24, 2.45) is 0 Å². The molecule has 0 spiro atoms. The summed E-state index contributed by atoms with van der Waals surface area (Å²) in [6.07, 6.45) is 0.187. The van der Waals surface area contributed by atoms with Crippen molar-refractivity contribution >= 4 is 23.2 Å². The minimum absolute atomic E-state index is 0.179. The van der Waals surface area contributed by atoms with Crippen molar-refractivity contribution in [2.45, 2.75) is 19.4 Å². The first-order valence-corrected chi connectivity index (χ1v) is 9.74. The van der Waals surface area contributed by atoms with Crippen LogP contribution in [0.15, 0.2) is 42.5 Å². The van der Waals surface area contributed by atoms with Gasteiger partial charge in [-0.3, -0.25) is 14.5 Å². The Balaban J connectivity index is 1.46. The van der Waals surface area contributed by atoms with Crippen LogP contribution in [0, 0.1) is 12.7 Å². The van der Waals surface area contributed by atoms with E-state index in [9.17, 15) is 14.0 Å². The van der Waals surface area contributed by atoms with E-state index >= 15 is 0 Å². The topological polar surface area (TPSA) is 53.1 Å². The van der Waals surface area contributed by atoms with Crippen LogP contribution in [0.5, 0.6) is 5.75 Å². The van der Waals surface area contributed by atoms with E-state index in [4.69, 9.17) is 4.74 Å². The van der Waals surface area contributed by atoms with Gasteiger partial charge >= 0.3 is 0 Å². The Morgan fingerprint density at radius 3 is 2.34 bits per heavy atom. The second-order valence-electron chi connectivity index (χ2n) is 7.44. The monoisotopic (exact) mass is 397 g/mol. The van der Waals surface area contributed by atoms with Gasteiger partial charge < -0.3 is 9.64 Å². The minimum atomic E-state index is -0.441. The third kappa shape index (κ3) is 3.70. The third-order valence-electron chi connectivity index (χ3n) is 5.73. The summed E-state index contributed by atoms with van der Waals surface area (Å²) in [5.74, 6) is -0.00292. The fourth-order valence-corrected chi connectivity index (χ4v) is 4.06. The number of rotatable bonds is 4. The van der Waals surface area contributed by atoms with Crippen LogP contribution in [0.2, 0.25) is 0 Å². The maximum absolute atomic E-state index is 13.1. The first kappa shape index (κ1) is 19.4. The van der Waals surface area contributed by atoms with E-state index in [0.29, 0.717) is 24.5 Å². The average Bonchev–Trinajstić information content (AvgIpc) is 3.03. The number of aryl methyl sites for hydroxylation is 1. The standard InChI is InChI=1S/C22H24FN3O3/c1-15-3-8-18(29-2)13-19(15)26-21(27)14-20(22(26)28)25-11-9-24(10-12-25)17-6-4-16(23)5-7-17/h3-8,13,20H,9-12,14H2,1-2H3/t20-/m0/s1. The molecule has 2 aromatic carbocycles. The highest BCUT2D eigenvalue weighted by atomic mass is 19.1. The number of hydrogen-bond donors (Lipinski definition) is 0. The zero-order valence-electron chi connectivity index (χ0n) is 16.6. The molecule has 2 amide bonds. The largest absolute Gasteiger partial charge is 0.497 e. The van der Waals surface area contributed by atoms with Crippen molar-refractivity contribution in [3.63, 3.8) is 0 Å². The van der Waals surface area contributed by atoms with Gasteiger partial charge in [-0.15, -0.1) is 0 Å². The van der Waals surface area contributed by atoms with Gasteiger partial charge in [0, 0.05) is 37.9 Å². The van der Waals surface area contributed by atoms with Gasteiger partial charge in [0.25, 0.3) is 5.91 Å². The Bertz CT molecular complexity index is 923. The average molecular weight is 397 g/mol. The van der Waals surface area contributed by atoms with Crippen LogP contribution in [-0.4, -0.2) is 56.0 Å². The molecule has 0 saturated carbocycles. The molecular weight excluding hydrogens is 373 g/mol. The zero-order valence-corrected chi connectivity index (χ0v) is 16.6. The van der Waals surface area contributed by atoms with E-state index in [1.54, 1.807) is 25.3 Å². The number of halogens is 1. The van der Waals surface area contributed by atoms with Crippen molar-refractivity contribution in [1.29, 1.82) is 0 Å². The molecule has 1 atom stereocenters. The zero-order chi connectivity index (χ0) is 20.5. The van der Waals surface area contributed by atoms with Crippen LogP contribution in [0.1, 0.15) is 12.0 Å². The Morgan fingerprint density at radius 1 is 1.00 bits per heavy atom. The molecule has 2 heterocycles. The number of hydrogen-bond acceptors (Lipinski definition) is 5. The van der Waals surface area contributed by atoms with Gasteiger partial charge in [-0.2, -0.15) is 0 Å². The quantitative estimate of drug-likeness (QED) is 0.743. The molecule has 0 bridgehead atoms. The number of anilines is 2. The smallest absolute Gasteiger partial charge is 0.251 e. The molecule has 0 N–H and O–H groups in total. The molecule has 2 aliphatic rings. The van der Waals surface area contributed by atoms with Crippen molar-refractivity contribution in [3.05, 3.63) is 53.8 Å².